The van der Waals surface area contributed by atoms with E-state index in [1.165, 1.54) is 5.56 Å². The number of aliphatic hydroxyl groups excluding tert-OH is 1. The van der Waals surface area contributed by atoms with E-state index in [0.717, 1.165) is 11.3 Å². The molecule has 4 heteroatoms. The highest BCUT2D eigenvalue weighted by atomic mass is 16.7. The van der Waals surface area contributed by atoms with Crippen LogP contribution in [0.2, 0.25) is 0 Å². The fourth-order valence-electron chi connectivity index (χ4n) is 2.90. The highest BCUT2D eigenvalue weighted by Gasteiger charge is 2.36. The van der Waals surface area contributed by atoms with Gasteiger partial charge in [0.2, 0.25) is 0 Å². The van der Waals surface area contributed by atoms with E-state index in [-0.39, 0.29) is 18.6 Å². The average Bonchev–Trinajstić information content (AvgIpc) is 2.98. The van der Waals surface area contributed by atoms with Crippen molar-refractivity contribution in [1.29, 1.82) is 0 Å². The van der Waals surface area contributed by atoms with Crippen molar-refractivity contribution in [2.75, 3.05) is 20.3 Å². The Morgan fingerprint density at radius 3 is 2.50 bits per heavy atom. The van der Waals surface area contributed by atoms with Crippen LogP contribution >= 0.6 is 0 Å². The van der Waals surface area contributed by atoms with Crippen LogP contribution < -0.4 is 4.74 Å². The van der Waals surface area contributed by atoms with E-state index < -0.39 is 0 Å². The first-order valence-electron chi connectivity index (χ1n) is 7.50. The van der Waals surface area contributed by atoms with Gasteiger partial charge in [0.15, 0.2) is 0 Å². The average molecular weight is 299 g/mol. The number of rotatable bonds is 5. The molecule has 22 heavy (non-hydrogen) atoms. The Kier molecular flexibility index (Phi) is 4.73. The first-order valence-corrected chi connectivity index (χ1v) is 7.50. The third-order valence-corrected chi connectivity index (χ3v) is 4.08. The highest BCUT2D eigenvalue weighted by Crippen LogP contribution is 2.36. The first-order chi connectivity index (χ1) is 10.8. The van der Waals surface area contributed by atoms with Crippen molar-refractivity contribution in [3.63, 3.8) is 0 Å². The lowest BCUT2D eigenvalue weighted by atomic mass is 9.94. The van der Waals surface area contributed by atoms with Crippen LogP contribution in [-0.4, -0.2) is 30.5 Å². The Morgan fingerprint density at radius 1 is 1.14 bits per heavy atom. The minimum Gasteiger partial charge on any atom is -0.497 e. The number of aliphatic hydroxyl groups is 1. The number of nitrogens with zero attached hydrogens (tertiary/aromatic N) is 1. The Bertz CT molecular complexity index is 585. The van der Waals surface area contributed by atoms with Crippen molar-refractivity contribution < 1.29 is 14.7 Å². The second kappa shape index (κ2) is 6.92. The highest BCUT2D eigenvalue weighted by molar-refractivity contribution is 5.30. The van der Waals surface area contributed by atoms with E-state index in [9.17, 15) is 5.11 Å². The fourth-order valence-corrected chi connectivity index (χ4v) is 2.90. The summed E-state index contributed by atoms with van der Waals surface area (Å²) < 4.78 is 5.21. The fraction of sp³-hybridized carbons (Fsp3) is 0.333. The normalized spacial score (nSPS) is 21.9. The molecule has 116 valence electrons. The Balaban J connectivity index is 1.82. The molecule has 2 aromatic rings. The number of ether oxygens (including phenoxy) is 1. The van der Waals surface area contributed by atoms with Crippen LogP contribution in [0.25, 0.3) is 0 Å². The van der Waals surface area contributed by atoms with Crippen molar-refractivity contribution >= 4 is 0 Å². The smallest absolute Gasteiger partial charge is 0.118 e. The minimum atomic E-state index is 0.0520. The third kappa shape index (κ3) is 3.14. The lowest BCUT2D eigenvalue weighted by Gasteiger charge is -2.25. The van der Waals surface area contributed by atoms with E-state index in [1.807, 2.05) is 47.5 Å². The van der Waals surface area contributed by atoms with E-state index >= 15 is 0 Å². The van der Waals surface area contributed by atoms with Crippen molar-refractivity contribution in [2.45, 2.75) is 12.6 Å². The maximum atomic E-state index is 9.65. The van der Waals surface area contributed by atoms with Gasteiger partial charge in [-0.15, -0.1) is 0 Å². The van der Waals surface area contributed by atoms with Crippen molar-refractivity contribution in [2.24, 2.45) is 5.92 Å². The molecule has 0 unspecified atom stereocenters. The van der Waals surface area contributed by atoms with Crippen molar-refractivity contribution in [3.05, 3.63) is 65.7 Å². The summed E-state index contributed by atoms with van der Waals surface area (Å²) in [6.07, 6.45) is 0. The second-order valence-corrected chi connectivity index (χ2v) is 5.52. The molecule has 0 saturated carbocycles. The molecule has 1 saturated heterocycles. The summed E-state index contributed by atoms with van der Waals surface area (Å²) in [5.74, 6) is 0.912. The monoisotopic (exact) mass is 299 g/mol. The molecule has 0 aromatic heterocycles. The van der Waals surface area contributed by atoms with Gasteiger partial charge in [0.05, 0.1) is 26.4 Å². The van der Waals surface area contributed by atoms with E-state index in [1.54, 1.807) is 7.11 Å². The van der Waals surface area contributed by atoms with E-state index in [0.29, 0.717) is 13.2 Å². The van der Waals surface area contributed by atoms with Crippen molar-refractivity contribution in [3.8, 4) is 5.75 Å². The molecule has 1 fully saturated rings. The first kappa shape index (κ1) is 15.0. The number of hydroxylamine groups is 2. The van der Waals surface area contributed by atoms with Gasteiger partial charge in [-0.05, 0) is 23.3 Å². The zero-order valence-electron chi connectivity index (χ0n) is 12.7. The van der Waals surface area contributed by atoms with Gasteiger partial charge in [0, 0.05) is 12.5 Å². The third-order valence-electron chi connectivity index (χ3n) is 4.08. The summed E-state index contributed by atoms with van der Waals surface area (Å²) in [5, 5.41) is 11.6. The van der Waals surface area contributed by atoms with Gasteiger partial charge >= 0.3 is 0 Å². The van der Waals surface area contributed by atoms with Gasteiger partial charge < -0.3 is 9.84 Å². The molecule has 1 aliphatic rings. The summed E-state index contributed by atoms with van der Waals surface area (Å²) in [5.41, 5.74) is 2.33. The van der Waals surface area contributed by atoms with Crippen LogP contribution in [0.3, 0.4) is 0 Å². The van der Waals surface area contributed by atoms with Crippen LogP contribution in [-0.2, 0) is 11.4 Å². The molecule has 0 aliphatic carbocycles. The molecule has 3 rings (SSSR count). The number of benzene rings is 2. The van der Waals surface area contributed by atoms with Crippen LogP contribution in [0.5, 0.6) is 5.75 Å². The Hall–Kier alpha value is -1.88. The van der Waals surface area contributed by atoms with Crippen LogP contribution in [0, 0.1) is 5.92 Å². The van der Waals surface area contributed by atoms with Gasteiger partial charge in [0.1, 0.15) is 5.75 Å². The largest absolute Gasteiger partial charge is 0.497 e. The van der Waals surface area contributed by atoms with E-state index in [4.69, 9.17) is 9.57 Å². The summed E-state index contributed by atoms with van der Waals surface area (Å²) in [6.45, 7) is 1.36. The Morgan fingerprint density at radius 2 is 1.86 bits per heavy atom. The topological polar surface area (TPSA) is 41.9 Å². The van der Waals surface area contributed by atoms with Gasteiger partial charge in [-0.1, -0.05) is 42.5 Å². The number of hydrogen-bond donors (Lipinski definition) is 1. The zero-order valence-corrected chi connectivity index (χ0v) is 12.7. The predicted molar refractivity (Wildman–Crippen MR) is 84.2 cm³/mol. The van der Waals surface area contributed by atoms with Gasteiger partial charge in [0.25, 0.3) is 0 Å². The molecule has 2 aromatic carbocycles. The molecule has 0 radical (unpaired) electrons. The molecule has 1 heterocycles. The van der Waals surface area contributed by atoms with Gasteiger partial charge in [-0.2, -0.15) is 5.06 Å². The molecular weight excluding hydrogens is 278 g/mol. The maximum absolute atomic E-state index is 9.65. The molecule has 2 atom stereocenters. The SMILES string of the molecule is COc1ccc([C@@H]2[C@@H](CO)CON2Cc2ccccc2)cc1. The molecule has 1 N–H and O–H groups in total. The summed E-state index contributed by atoms with van der Waals surface area (Å²) in [4.78, 5) is 5.83. The van der Waals surface area contributed by atoms with Crippen LogP contribution in [0.15, 0.2) is 54.6 Å². The zero-order chi connectivity index (χ0) is 15.4. The maximum Gasteiger partial charge on any atom is 0.118 e. The van der Waals surface area contributed by atoms with Crippen molar-refractivity contribution in [1.82, 2.24) is 5.06 Å². The van der Waals surface area contributed by atoms with Gasteiger partial charge in [-0.3, -0.25) is 4.84 Å². The Labute approximate surface area is 130 Å². The molecule has 0 amide bonds. The molecule has 0 spiro atoms. The number of methoxy groups -OCH3 is 1. The van der Waals surface area contributed by atoms with Gasteiger partial charge in [-0.25, -0.2) is 0 Å². The predicted octanol–water partition coefficient (Wildman–Crippen LogP) is 2.79. The molecular formula is C18H21NO3. The van der Waals surface area contributed by atoms with Crippen LogP contribution in [0.1, 0.15) is 17.2 Å². The number of hydrogen-bond acceptors (Lipinski definition) is 4. The quantitative estimate of drug-likeness (QED) is 0.922. The van der Waals surface area contributed by atoms with Crippen LogP contribution in [0.4, 0.5) is 0 Å². The summed E-state index contributed by atoms with van der Waals surface area (Å²) in [6, 6.07) is 18.3. The van der Waals surface area contributed by atoms with E-state index in [2.05, 4.69) is 12.1 Å². The summed E-state index contributed by atoms with van der Waals surface area (Å²) >= 11 is 0. The standard InChI is InChI=1S/C18H21NO3/c1-21-17-9-7-15(8-10-17)18-16(12-20)13-22-19(18)11-14-5-3-2-4-6-14/h2-10,16,18,20H,11-13H2,1H3/t16-,18+/m0/s1. The summed E-state index contributed by atoms with van der Waals surface area (Å²) in [7, 11) is 1.66. The second-order valence-electron chi connectivity index (χ2n) is 5.52. The molecule has 1 aliphatic heterocycles. The lowest BCUT2D eigenvalue weighted by molar-refractivity contribution is -0.141. The molecule has 4 nitrogen and oxygen atoms in total. The minimum absolute atomic E-state index is 0.0520. The lowest BCUT2D eigenvalue weighted by Crippen LogP contribution is -2.25. The molecule has 0 bridgehead atoms.